The Morgan fingerprint density at radius 2 is 1.89 bits per heavy atom. The molecule has 143 valence electrons. The van der Waals surface area contributed by atoms with Gasteiger partial charge in [0.15, 0.2) is 0 Å². The number of allylic oxidation sites excluding steroid dienone is 6. The summed E-state index contributed by atoms with van der Waals surface area (Å²) in [6, 6.07) is 2.19. The summed E-state index contributed by atoms with van der Waals surface area (Å²) in [5.41, 5.74) is 7.50. The van der Waals surface area contributed by atoms with Crippen LogP contribution in [0.25, 0.3) is 8.85 Å². The number of benzene rings is 1. The van der Waals surface area contributed by atoms with Gasteiger partial charge in [-0.15, -0.1) is 0 Å². The average Bonchev–Trinajstić information content (AvgIpc) is 3.09. The van der Waals surface area contributed by atoms with Crippen molar-refractivity contribution in [3.63, 3.8) is 0 Å². The number of halogens is 2. The van der Waals surface area contributed by atoms with Gasteiger partial charge in [0.2, 0.25) is 0 Å². The van der Waals surface area contributed by atoms with Crippen molar-refractivity contribution < 1.29 is 58.7 Å². The quantitative estimate of drug-likeness (QED) is 0.522. The molecule has 0 bridgehead atoms. The summed E-state index contributed by atoms with van der Waals surface area (Å²) in [7, 11) is -1.73. The third-order valence-electron chi connectivity index (χ3n) is 4.40. The molecule has 0 atom stereocenters. The van der Waals surface area contributed by atoms with Crippen molar-refractivity contribution in [2.45, 2.75) is 39.9 Å². The topological polar surface area (TPSA) is 18.5 Å². The third kappa shape index (κ3) is 4.72. The Balaban J connectivity index is 0.00000182. The van der Waals surface area contributed by atoms with E-state index < -0.39 is 8.32 Å². The van der Waals surface area contributed by atoms with E-state index in [1.54, 1.807) is 0 Å². The Labute approximate surface area is 191 Å². The molecule has 27 heavy (non-hydrogen) atoms. The molecule has 0 saturated heterocycles. The number of ether oxygens (including phenoxy) is 1. The molecule has 0 fully saturated rings. The standard InChI is InChI=1S/C21H25O2Si.2ClH.Zr/c1-7-22-21-15(3)20-14(2)18(16-10-8-9-11-16)12-17(20)13-19(21)23-24(4,5)6;;;/h8-10,13H,2,7,11H2,1,3-6H3;2*1H;/q;;;+2/p-2. The first kappa shape index (κ1) is 24.5. The summed E-state index contributed by atoms with van der Waals surface area (Å²) < 4.78 is 13.8. The summed E-state index contributed by atoms with van der Waals surface area (Å²) in [6.45, 7) is 15.9. The van der Waals surface area contributed by atoms with E-state index in [0.717, 1.165) is 29.1 Å². The molecule has 6 heteroatoms. The Kier molecular flexibility index (Phi) is 8.44. The summed E-state index contributed by atoms with van der Waals surface area (Å²) in [4.78, 5) is 0. The minimum Gasteiger partial charge on any atom is -1.00 e. The molecule has 0 saturated carbocycles. The molecular formula is C21H25Cl2O2SiZr. The second-order valence-corrected chi connectivity index (χ2v) is 13.1. The Morgan fingerprint density at radius 1 is 1.22 bits per heavy atom. The van der Waals surface area contributed by atoms with Crippen LogP contribution >= 0.6 is 0 Å². The molecule has 2 aliphatic carbocycles. The molecule has 3 rings (SSSR count). The monoisotopic (exact) mass is 497 g/mol. The molecule has 1 aromatic rings. The van der Waals surface area contributed by atoms with Crippen molar-refractivity contribution in [2.24, 2.45) is 0 Å². The molecule has 2 aliphatic rings. The van der Waals surface area contributed by atoms with E-state index in [1.165, 1.54) is 50.3 Å². The first-order valence-corrected chi connectivity index (χ1v) is 13.4. The maximum atomic E-state index is 6.38. The maximum absolute atomic E-state index is 6.38. The van der Waals surface area contributed by atoms with Crippen LogP contribution in [-0.2, 0) is 24.7 Å². The Bertz CT molecular complexity index is 849. The SMILES string of the molecule is C=C1C(C2=CC=CC2)=[C]([Zr+2])c2cc(O[Si](C)(C)C)c(OCC)c(C)c21.[Cl-].[Cl-]. The van der Waals surface area contributed by atoms with Crippen molar-refractivity contribution in [1.82, 2.24) is 0 Å². The number of rotatable bonds is 5. The van der Waals surface area contributed by atoms with Crippen molar-refractivity contribution >= 4 is 17.2 Å². The van der Waals surface area contributed by atoms with Gasteiger partial charge in [0.1, 0.15) is 0 Å². The summed E-state index contributed by atoms with van der Waals surface area (Å²) in [5, 5.41) is 0. The van der Waals surface area contributed by atoms with E-state index in [-0.39, 0.29) is 24.8 Å². The normalized spacial score (nSPS) is 15.2. The number of hydrogen-bond acceptors (Lipinski definition) is 2. The fraction of sp³-hybridized carbons (Fsp3) is 0.333. The van der Waals surface area contributed by atoms with Crippen molar-refractivity contribution in [3.05, 3.63) is 58.7 Å². The van der Waals surface area contributed by atoms with Crippen LogP contribution in [0.1, 0.15) is 30.0 Å². The fourth-order valence-electron chi connectivity index (χ4n) is 3.48. The number of hydrogen-bond donors (Lipinski definition) is 0. The first-order chi connectivity index (χ1) is 11.7. The van der Waals surface area contributed by atoms with Gasteiger partial charge in [0, 0.05) is 0 Å². The van der Waals surface area contributed by atoms with Gasteiger partial charge in [0.05, 0.1) is 0 Å². The summed E-state index contributed by atoms with van der Waals surface area (Å²) in [5.74, 6) is 1.78. The minimum atomic E-state index is -1.73. The zero-order chi connectivity index (χ0) is 18.4. The van der Waals surface area contributed by atoms with Gasteiger partial charge in [-0.1, -0.05) is 0 Å². The smallest absolute Gasteiger partial charge is 1.00 e. The zero-order valence-electron chi connectivity index (χ0n) is 16.5. The molecule has 0 heterocycles. The second kappa shape index (κ2) is 9.31. The van der Waals surface area contributed by atoms with Gasteiger partial charge in [-0.25, -0.2) is 0 Å². The molecular weight excluding hydrogens is 474 g/mol. The first-order valence-electron chi connectivity index (χ1n) is 8.76. The molecule has 0 unspecified atom stereocenters. The molecule has 0 amide bonds. The van der Waals surface area contributed by atoms with Crippen LogP contribution in [-0.4, -0.2) is 14.9 Å². The van der Waals surface area contributed by atoms with Gasteiger partial charge in [0.25, 0.3) is 0 Å². The minimum absolute atomic E-state index is 0. The zero-order valence-corrected chi connectivity index (χ0v) is 21.5. The van der Waals surface area contributed by atoms with E-state index >= 15 is 0 Å². The number of fused-ring (bicyclic) bond motifs is 1. The summed E-state index contributed by atoms with van der Waals surface area (Å²) >= 11 is 1.41. The van der Waals surface area contributed by atoms with E-state index in [0.29, 0.717) is 6.61 Å². The average molecular weight is 500 g/mol. The van der Waals surface area contributed by atoms with Crippen LogP contribution in [0, 0.1) is 6.92 Å². The molecule has 0 aromatic heterocycles. The predicted molar refractivity (Wildman–Crippen MR) is 104 cm³/mol. The molecule has 1 aromatic carbocycles. The maximum Gasteiger partial charge on any atom is -1.00 e. The molecule has 0 spiro atoms. The Hall–Kier alpha value is -0.540. The van der Waals surface area contributed by atoms with Crippen LogP contribution in [0.5, 0.6) is 11.5 Å². The summed E-state index contributed by atoms with van der Waals surface area (Å²) in [6.07, 6.45) is 7.56. The van der Waals surface area contributed by atoms with Crippen LogP contribution in [0.4, 0.5) is 0 Å². The van der Waals surface area contributed by atoms with Crippen molar-refractivity contribution in [2.75, 3.05) is 6.61 Å². The Morgan fingerprint density at radius 3 is 2.41 bits per heavy atom. The van der Waals surface area contributed by atoms with Gasteiger partial charge >= 0.3 is 168 Å². The van der Waals surface area contributed by atoms with Gasteiger partial charge < -0.3 is 24.8 Å². The molecule has 0 aliphatic heterocycles. The third-order valence-corrected chi connectivity index (χ3v) is 6.51. The van der Waals surface area contributed by atoms with Gasteiger partial charge in [-0.05, 0) is 0 Å². The van der Waals surface area contributed by atoms with Crippen molar-refractivity contribution in [3.8, 4) is 11.5 Å². The predicted octanol–water partition coefficient (Wildman–Crippen LogP) is -0.214. The van der Waals surface area contributed by atoms with Gasteiger partial charge in [-0.3, -0.25) is 0 Å². The fourth-order valence-corrected chi connectivity index (χ4v) is 5.54. The van der Waals surface area contributed by atoms with Crippen molar-refractivity contribution in [1.29, 1.82) is 0 Å². The van der Waals surface area contributed by atoms with Crippen LogP contribution in [0.2, 0.25) is 19.6 Å². The van der Waals surface area contributed by atoms with Crippen LogP contribution < -0.4 is 34.0 Å². The van der Waals surface area contributed by atoms with E-state index in [2.05, 4.69) is 57.4 Å². The van der Waals surface area contributed by atoms with Crippen LogP contribution in [0.15, 0.2) is 42.0 Å². The van der Waals surface area contributed by atoms with Crippen LogP contribution in [0.3, 0.4) is 0 Å². The molecule has 0 radical (unpaired) electrons. The second-order valence-electron chi connectivity index (χ2n) is 7.45. The molecule has 2 nitrogen and oxygen atoms in total. The molecule has 0 N–H and O–H groups in total. The van der Waals surface area contributed by atoms with E-state index in [1.807, 2.05) is 6.92 Å². The van der Waals surface area contributed by atoms with E-state index in [4.69, 9.17) is 9.16 Å². The van der Waals surface area contributed by atoms with Gasteiger partial charge in [-0.2, -0.15) is 0 Å². The largest absolute Gasteiger partial charge is 1.00 e. The van der Waals surface area contributed by atoms with E-state index in [9.17, 15) is 0 Å².